The Bertz CT molecular complexity index is 277. The van der Waals surface area contributed by atoms with Gasteiger partial charge in [0.15, 0.2) is 6.29 Å². The van der Waals surface area contributed by atoms with E-state index in [1.807, 2.05) is 30.3 Å². The first kappa shape index (κ1) is 13.9. The second-order valence-corrected chi connectivity index (χ2v) is 3.20. The Kier molecular flexibility index (Phi) is 7.33. The minimum atomic E-state index is -0.485. The van der Waals surface area contributed by atoms with Crippen molar-refractivity contribution in [3.8, 4) is 5.75 Å². The Morgan fingerprint density at radius 2 is 1.94 bits per heavy atom. The van der Waals surface area contributed by atoms with Crippen molar-refractivity contribution in [2.24, 2.45) is 0 Å². The molecule has 0 aliphatic heterocycles. The summed E-state index contributed by atoms with van der Waals surface area (Å²) in [5.74, 6) is 0.802. The summed E-state index contributed by atoms with van der Waals surface area (Å²) in [6, 6.07) is 9.49. The van der Waals surface area contributed by atoms with Crippen molar-refractivity contribution in [3.63, 3.8) is 0 Å². The number of ether oxygens (including phenoxy) is 4. The molecule has 1 atom stereocenters. The summed E-state index contributed by atoms with van der Waals surface area (Å²) in [7, 11) is 1.52. The van der Waals surface area contributed by atoms with Crippen LogP contribution in [0.3, 0.4) is 0 Å². The van der Waals surface area contributed by atoms with Gasteiger partial charge < -0.3 is 24.1 Å². The van der Waals surface area contributed by atoms with Crippen molar-refractivity contribution >= 4 is 0 Å². The summed E-state index contributed by atoms with van der Waals surface area (Å²) in [6.07, 6.45) is -0.485. The van der Waals surface area contributed by atoms with Crippen LogP contribution in [-0.2, 0) is 14.2 Å². The lowest BCUT2D eigenvalue weighted by molar-refractivity contribution is -0.173. The summed E-state index contributed by atoms with van der Waals surface area (Å²) in [5.41, 5.74) is 0. The number of aliphatic hydroxyl groups excluding tert-OH is 1. The molecule has 0 fully saturated rings. The number of hydrogen-bond donors (Lipinski definition) is 1. The highest BCUT2D eigenvalue weighted by Gasteiger charge is 2.06. The van der Waals surface area contributed by atoms with E-state index in [9.17, 15) is 0 Å². The molecule has 0 amide bonds. The van der Waals surface area contributed by atoms with Gasteiger partial charge in [-0.15, -0.1) is 0 Å². The van der Waals surface area contributed by atoms with Gasteiger partial charge >= 0.3 is 0 Å². The molecule has 96 valence electrons. The molecule has 1 aromatic rings. The van der Waals surface area contributed by atoms with Crippen LogP contribution in [0, 0.1) is 0 Å². The Morgan fingerprint density at radius 1 is 1.18 bits per heavy atom. The molecule has 0 saturated carbocycles. The van der Waals surface area contributed by atoms with Crippen LogP contribution >= 0.6 is 0 Å². The number of hydrogen-bond acceptors (Lipinski definition) is 5. The zero-order chi connectivity index (χ0) is 12.3. The average Bonchev–Trinajstić information content (AvgIpc) is 2.39. The van der Waals surface area contributed by atoms with E-state index in [4.69, 9.17) is 24.1 Å². The van der Waals surface area contributed by atoms with E-state index in [1.165, 1.54) is 7.11 Å². The Hall–Kier alpha value is -1.14. The van der Waals surface area contributed by atoms with Crippen LogP contribution < -0.4 is 4.74 Å². The highest BCUT2D eigenvalue weighted by molar-refractivity contribution is 5.20. The average molecular weight is 242 g/mol. The van der Waals surface area contributed by atoms with Gasteiger partial charge in [0.25, 0.3) is 0 Å². The van der Waals surface area contributed by atoms with E-state index in [-0.39, 0.29) is 13.4 Å². The second kappa shape index (κ2) is 8.95. The van der Waals surface area contributed by atoms with Crippen LogP contribution in [0.15, 0.2) is 30.3 Å². The van der Waals surface area contributed by atoms with Crippen LogP contribution in [0.1, 0.15) is 0 Å². The quantitative estimate of drug-likeness (QED) is 0.517. The fourth-order valence-corrected chi connectivity index (χ4v) is 1.19. The molecule has 0 bridgehead atoms. The number of benzene rings is 1. The zero-order valence-corrected chi connectivity index (χ0v) is 9.87. The molecule has 5 heteroatoms. The third-order valence-electron chi connectivity index (χ3n) is 2.01. The summed E-state index contributed by atoms with van der Waals surface area (Å²) in [4.78, 5) is 0. The Morgan fingerprint density at radius 3 is 2.59 bits per heavy atom. The maximum absolute atomic E-state index is 8.47. The molecular formula is C12H18O5. The molecule has 0 saturated heterocycles. The minimum Gasteiger partial charge on any atom is -0.491 e. The van der Waals surface area contributed by atoms with E-state index < -0.39 is 6.29 Å². The molecule has 5 nitrogen and oxygen atoms in total. The molecule has 0 aromatic heterocycles. The molecule has 0 spiro atoms. The molecule has 0 radical (unpaired) electrons. The van der Waals surface area contributed by atoms with Gasteiger partial charge in [0.2, 0.25) is 0 Å². The lowest BCUT2D eigenvalue weighted by Crippen LogP contribution is -2.24. The van der Waals surface area contributed by atoms with E-state index in [1.54, 1.807) is 0 Å². The van der Waals surface area contributed by atoms with Crippen LogP contribution in [0.2, 0.25) is 0 Å². The molecule has 17 heavy (non-hydrogen) atoms. The number of rotatable bonds is 9. The summed E-state index contributed by atoms with van der Waals surface area (Å²) < 4.78 is 20.5. The topological polar surface area (TPSA) is 57.2 Å². The first-order valence-corrected chi connectivity index (χ1v) is 5.37. The lowest BCUT2D eigenvalue weighted by atomic mass is 10.3. The molecule has 1 N–H and O–H groups in total. The van der Waals surface area contributed by atoms with Gasteiger partial charge in [-0.05, 0) is 12.1 Å². The molecule has 0 aliphatic rings. The maximum atomic E-state index is 8.47. The summed E-state index contributed by atoms with van der Waals surface area (Å²) >= 11 is 0. The van der Waals surface area contributed by atoms with Gasteiger partial charge in [-0.1, -0.05) is 18.2 Å². The van der Waals surface area contributed by atoms with E-state index in [2.05, 4.69) is 0 Å². The van der Waals surface area contributed by atoms with Gasteiger partial charge in [-0.3, -0.25) is 0 Å². The summed E-state index contributed by atoms with van der Waals surface area (Å²) in [5, 5.41) is 8.47. The van der Waals surface area contributed by atoms with Crippen LogP contribution in [0.5, 0.6) is 5.75 Å². The van der Waals surface area contributed by atoms with Crippen molar-refractivity contribution in [1.82, 2.24) is 0 Å². The third kappa shape index (κ3) is 6.23. The standard InChI is InChI=1S/C12H18O5/c1-14-12(9-15-10-13)17-8-7-16-11-5-3-2-4-6-11/h2-6,12-13H,7-10H2,1H3. The fraction of sp³-hybridized carbons (Fsp3) is 0.500. The molecule has 1 rings (SSSR count). The number of para-hydroxylation sites is 1. The van der Waals surface area contributed by atoms with E-state index >= 15 is 0 Å². The van der Waals surface area contributed by atoms with Gasteiger partial charge in [-0.25, -0.2) is 0 Å². The molecule has 0 aliphatic carbocycles. The third-order valence-corrected chi connectivity index (χ3v) is 2.01. The van der Waals surface area contributed by atoms with Crippen LogP contribution in [-0.4, -0.2) is 45.1 Å². The molecular weight excluding hydrogens is 224 g/mol. The lowest BCUT2D eigenvalue weighted by Gasteiger charge is -2.15. The van der Waals surface area contributed by atoms with E-state index in [0.717, 1.165) is 5.75 Å². The van der Waals surface area contributed by atoms with Crippen LogP contribution in [0.25, 0.3) is 0 Å². The van der Waals surface area contributed by atoms with Gasteiger partial charge in [0.05, 0.1) is 6.61 Å². The highest BCUT2D eigenvalue weighted by Crippen LogP contribution is 2.07. The normalized spacial score (nSPS) is 12.4. The van der Waals surface area contributed by atoms with Gasteiger partial charge in [0, 0.05) is 7.11 Å². The first-order chi connectivity index (χ1) is 8.36. The van der Waals surface area contributed by atoms with Crippen molar-refractivity contribution in [1.29, 1.82) is 0 Å². The molecule has 1 aromatic carbocycles. The number of aliphatic hydroxyl groups is 1. The fourth-order valence-electron chi connectivity index (χ4n) is 1.19. The largest absolute Gasteiger partial charge is 0.491 e. The first-order valence-electron chi connectivity index (χ1n) is 5.37. The zero-order valence-electron chi connectivity index (χ0n) is 9.87. The minimum absolute atomic E-state index is 0.193. The summed E-state index contributed by atoms with van der Waals surface area (Å²) in [6.45, 7) is 0.674. The Labute approximate surface area is 101 Å². The van der Waals surface area contributed by atoms with Crippen molar-refractivity contribution in [2.75, 3.05) is 33.7 Å². The monoisotopic (exact) mass is 242 g/mol. The van der Waals surface area contributed by atoms with Crippen molar-refractivity contribution in [3.05, 3.63) is 30.3 Å². The van der Waals surface area contributed by atoms with E-state index in [0.29, 0.717) is 13.2 Å². The van der Waals surface area contributed by atoms with Crippen molar-refractivity contribution in [2.45, 2.75) is 6.29 Å². The number of methoxy groups -OCH3 is 1. The highest BCUT2D eigenvalue weighted by atomic mass is 16.7. The second-order valence-electron chi connectivity index (χ2n) is 3.20. The molecule has 0 heterocycles. The van der Waals surface area contributed by atoms with Gasteiger partial charge in [0.1, 0.15) is 25.8 Å². The predicted molar refractivity (Wildman–Crippen MR) is 61.7 cm³/mol. The predicted octanol–water partition coefficient (Wildman–Crippen LogP) is 1.02. The maximum Gasteiger partial charge on any atom is 0.180 e. The smallest absolute Gasteiger partial charge is 0.180 e. The van der Waals surface area contributed by atoms with Crippen LogP contribution in [0.4, 0.5) is 0 Å². The SMILES string of the molecule is COC(COCO)OCCOc1ccccc1. The molecule has 1 unspecified atom stereocenters. The van der Waals surface area contributed by atoms with Gasteiger partial charge in [-0.2, -0.15) is 0 Å². The van der Waals surface area contributed by atoms with Crippen molar-refractivity contribution < 1.29 is 24.1 Å². The Balaban J connectivity index is 2.10.